The summed E-state index contributed by atoms with van der Waals surface area (Å²) >= 11 is 8.38. The lowest BCUT2D eigenvalue weighted by Gasteiger charge is -2.04. The molecule has 0 aliphatic rings. The van der Waals surface area contributed by atoms with Crippen LogP contribution in [0.3, 0.4) is 0 Å². The molecule has 3 aromatic rings. The summed E-state index contributed by atoms with van der Waals surface area (Å²) in [7, 11) is 0. The molecule has 18 heavy (non-hydrogen) atoms. The molecule has 0 unspecified atom stereocenters. The van der Waals surface area contributed by atoms with E-state index in [2.05, 4.69) is 56.8 Å². The highest BCUT2D eigenvalue weighted by molar-refractivity contribution is 14.1. The van der Waals surface area contributed by atoms with Gasteiger partial charge in [-0.25, -0.2) is 9.97 Å². The summed E-state index contributed by atoms with van der Waals surface area (Å²) in [4.78, 5) is 8.20. The van der Waals surface area contributed by atoms with Gasteiger partial charge in [-0.1, -0.05) is 29.8 Å². The molecule has 2 aromatic carbocycles. The van der Waals surface area contributed by atoms with E-state index in [-0.39, 0.29) is 0 Å². The molecule has 0 saturated heterocycles. The second-order valence-electron chi connectivity index (χ2n) is 3.90. The van der Waals surface area contributed by atoms with Gasteiger partial charge in [0.25, 0.3) is 0 Å². The molecule has 1 aromatic heterocycles. The molecule has 0 fully saturated rings. The van der Waals surface area contributed by atoms with E-state index < -0.39 is 0 Å². The summed E-state index contributed by atoms with van der Waals surface area (Å²) in [6.45, 7) is 0. The van der Waals surface area contributed by atoms with E-state index in [1.807, 2.05) is 18.2 Å². The molecular weight excluding hydrogens is 359 g/mol. The second-order valence-corrected chi connectivity index (χ2v) is 5.51. The molecule has 0 amide bonds. The van der Waals surface area contributed by atoms with Crippen molar-refractivity contribution in [3.05, 3.63) is 57.5 Å². The fourth-order valence-corrected chi connectivity index (χ4v) is 2.40. The number of nitrogens with zero attached hydrogens (tertiary/aromatic N) is 2. The molecule has 2 nitrogen and oxygen atoms in total. The SMILES string of the molecule is Clc1ncnc2ccc(-c3ccc(I)cc3)cc12. The van der Waals surface area contributed by atoms with E-state index in [1.54, 1.807) is 0 Å². The van der Waals surface area contributed by atoms with E-state index in [0.29, 0.717) is 5.15 Å². The van der Waals surface area contributed by atoms with Gasteiger partial charge in [-0.05, 0) is 58.0 Å². The Morgan fingerprint density at radius 3 is 2.39 bits per heavy atom. The second kappa shape index (κ2) is 4.82. The Hall–Kier alpha value is -1.20. The Balaban J connectivity index is 2.18. The van der Waals surface area contributed by atoms with Crippen molar-refractivity contribution in [3.63, 3.8) is 0 Å². The van der Waals surface area contributed by atoms with Crippen molar-refractivity contribution in [1.82, 2.24) is 9.97 Å². The topological polar surface area (TPSA) is 25.8 Å². The number of benzene rings is 2. The van der Waals surface area contributed by atoms with E-state index in [9.17, 15) is 0 Å². The van der Waals surface area contributed by atoms with Crippen LogP contribution in [0.1, 0.15) is 0 Å². The lowest BCUT2D eigenvalue weighted by atomic mass is 10.0. The molecule has 1 heterocycles. The van der Waals surface area contributed by atoms with Crippen molar-refractivity contribution in [1.29, 1.82) is 0 Å². The number of hydrogen-bond acceptors (Lipinski definition) is 2. The standard InChI is InChI=1S/C14H8ClIN2/c15-14-12-7-10(3-6-13(12)17-8-18-14)9-1-4-11(16)5-2-9/h1-8H. The number of halogens is 2. The Labute approximate surface area is 123 Å². The van der Waals surface area contributed by atoms with E-state index in [4.69, 9.17) is 11.6 Å². The van der Waals surface area contributed by atoms with Crippen LogP contribution in [0.25, 0.3) is 22.0 Å². The van der Waals surface area contributed by atoms with Crippen LogP contribution in [0.15, 0.2) is 48.8 Å². The highest BCUT2D eigenvalue weighted by Crippen LogP contribution is 2.27. The van der Waals surface area contributed by atoms with Gasteiger partial charge in [0.2, 0.25) is 0 Å². The minimum atomic E-state index is 0.493. The summed E-state index contributed by atoms with van der Waals surface area (Å²) < 4.78 is 1.22. The minimum absolute atomic E-state index is 0.493. The monoisotopic (exact) mass is 366 g/mol. The van der Waals surface area contributed by atoms with Crippen molar-refractivity contribution < 1.29 is 0 Å². The van der Waals surface area contributed by atoms with Crippen molar-refractivity contribution in [3.8, 4) is 11.1 Å². The highest BCUT2D eigenvalue weighted by Gasteiger charge is 2.04. The van der Waals surface area contributed by atoms with Crippen LogP contribution in [0.4, 0.5) is 0 Å². The summed E-state index contributed by atoms with van der Waals surface area (Å²) in [5.74, 6) is 0. The Kier molecular flexibility index (Phi) is 3.18. The van der Waals surface area contributed by atoms with Crippen LogP contribution >= 0.6 is 34.2 Å². The van der Waals surface area contributed by atoms with Gasteiger partial charge in [0, 0.05) is 8.96 Å². The first-order valence-electron chi connectivity index (χ1n) is 5.40. The van der Waals surface area contributed by atoms with Crippen molar-refractivity contribution in [2.75, 3.05) is 0 Å². The predicted molar refractivity (Wildman–Crippen MR) is 82.7 cm³/mol. The molecule has 3 rings (SSSR count). The van der Waals surface area contributed by atoms with Crippen LogP contribution < -0.4 is 0 Å². The lowest BCUT2D eigenvalue weighted by molar-refractivity contribution is 1.22. The summed E-state index contributed by atoms with van der Waals surface area (Å²) in [6, 6.07) is 14.4. The summed E-state index contributed by atoms with van der Waals surface area (Å²) in [6.07, 6.45) is 1.48. The quantitative estimate of drug-likeness (QED) is 0.466. The average molecular weight is 367 g/mol. The van der Waals surface area contributed by atoms with E-state index >= 15 is 0 Å². The molecule has 4 heteroatoms. The summed E-state index contributed by atoms with van der Waals surface area (Å²) in [5.41, 5.74) is 3.15. The molecule has 0 N–H and O–H groups in total. The fraction of sp³-hybridized carbons (Fsp3) is 0. The van der Waals surface area contributed by atoms with Gasteiger partial charge in [-0.3, -0.25) is 0 Å². The Morgan fingerprint density at radius 1 is 0.889 bits per heavy atom. The maximum absolute atomic E-state index is 6.09. The maximum atomic E-state index is 6.09. The van der Waals surface area contributed by atoms with Crippen LogP contribution in [0, 0.1) is 3.57 Å². The van der Waals surface area contributed by atoms with Crippen LogP contribution in [-0.4, -0.2) is 9.97 Å². The lowest BCUT2D eigenvalue weighted by Crippen LogP contribution is -1.85. The van der Waals surface area contributed by atoms with Gasteiger partial charge < -0.3 is 0 Å². The van der Waals surface area contributed by atoms with Crippen LogP contribution in [-0.2, 0) is 0 Å². The van der Waals surface area contributed by atoms with Gasteiger partial charge in [0.1, 0.15) is 11.5 Å². The Bertz CT molecular complexity index is 711. The van der Waals surface area contributed by atoms with E-state index in [0.717, 1.165) is 22.0 Å². The molecular formula is C14H8ClIN2. The first-order valence-corrected chi connectivity index (χ1v) is 6.86. The number of aromatic nitrogens is 2. The highest BCUT2D eigenvalue weighted by atomic mass is 127. The molecule has 0 aliphatic carbocycles. The van der Waals surface area contributed by atoms with Gasteiger partial charge in [0.15, 0.2) is 0 Å². The van der Waals surface area contributed by atoms with Crippen molar-refractivity contribution >= 4 is 45.1 Å². The van der Waals surface area contributed by atoms with Gasteiger partial charge >= 0.3 is 0 Å². The number of fused-ring (bicyclic) bond motifs is 1. The van der Waals surface area contributed by atoms with Crippen LogP contribution in [0.2, 0.25) is 5.15 Å². The molecule has 0 aliphatic heterocycles. The fourth-order valence-electron chi connectivity index (χ4n) is 1.85. The van der Waals surface area contributed by atoms with Gasteiger partial charge in [-0.15, -0.1) is 0 Å². The van der Waals surface area contributed by atoms with Crippen molar-refractivity contribution in [2.24, 2.45) is 0 Å². The first-order chi connectivity index (χ1) is 8.74. The molecule has 0 saturated carbocycles. The first kappa shape index (κ1) is 11.9. The minimum Gasteiger partial charge on any atom is -0.236 e. The zero-order chi connectivity index (χ0) is 12.5. The molecule has 0 spiro atoms. The Morgan fingerprint density at radius 2 is 1.61 bits per heavy atom. The molecule has 0 radical (unpaired) electrons. The third-order valence-electron chi connectivity index (χ3n) is 2.76. The number of hydrogen-bond donors (Lipinski definition) is 0. The average Bonchev–Trinajstić information content (AvgIpc) is 2.40. The summed E-state index contributed by atoms with van der Waals surface area (Å²) in [5, 5.41) is 1.38. The molecule has 88 valence electrons. The van der Waals surface area contributed by atoms with Crippen molar-refractivity contribution in [2.45, 2.75) is 0 Å². The maximum Gasteiger partial charge on any atom is 0.140 e. The third-order valence-corrected chi connectivity index (χ3v) is 3.78. The van der Waals surface area contributed by atoms with Gasteiger partial charge in [0.05, 0.1) is 5.52 Å². The van der Waals surface area contributed by atoms with Crippen LogP contribution in [0.5, 0.6) is 0 Å². The number of rotatable bonds is 1. The third kappa shape index (κ3) is 2.20. The predicted octanol–water partition coefficient (Wildman–Crippen LogP) is 4.55. The normalized spacial score (nSPS) is 10.8. The smallest absolute Gasteiger partial charge is 0.140 e. The zero-order valence-corrected chi connectivity index (χ0v) is 12.2. The largest absolute Gasteiger partial charge is 0.236 e. The van der Waals surface area contributed by atoms with E-state index in [1.165, 1.54) is 9.90 Å². The molecule has 0 bridgehead atoms. The van der Waals surface area contributed by atoms with Gasteiger partial charge in [-0.2, -0.15) is 0 Å². The zero-order valence-electron chi connectivity index (χ0n) is 9.27. The molecule has 0 atom stereocenters.